The third kappa shape index (κ3) is 2.25. The van der Waals surface area contributed by atoms with E-state index in [1.165, 1.54) is 12.1 Å². The van der Waals surface area contributed by atoms with Crippen LogP contribution >= 0.6 is 0 Å². The summed E-state index contributed by atoms with van der Waals surface area (Å²) in [5.74, 6) is -1.72. The van der Waals surface area contributed by atoms with Gasteiger partial charge in [0.25, 0.3) is 10.1 Å². The lowest BCUT2D eigenvalue weighted by atomic mass is 10.2. The van der Waals surface area contributed by atoms with Gasteiger partial charge < -0.3 is 9.84 Å². The molecule has 0 amide bonds. The van der Waals surface area contributed by atoms with Crippen LogP contribution in [0, 0.1) is 0 Å². The molecule has 1 aromatic rings. The molecule has 6 nitrogen and oxygen atoms in total. The Bertz CT molecular complexity index is 490. The van der Waals surface area contributed by atoms with Crippen LogP contribution in [0.15, 0.2) is 23.1 Å². The second-order valence-electron chi connectivity index (χ2n) is 2.62. The average molecular weight is 232 g/mol. The van der Waals surface area contributed by atoms with E-state index in [1.54, 1.807) is 0 Å². The number of rotatable bonds is 3. The van der Waals surface area contributed by atoms with Gasteiger partial charge in [-0.3, -0.25) is 4.55 Å². The van der Waals surface area contributed by atoms with Gasteiger partial charge in [-0.1, -0.05) is 6.07 Å². The first-order valence-electron chi connectivity index (χ1n) is 3.75. The van der Waals surface area contributed by atoms with E-state index in [-0.39, 0.29) is 11.3 Å². The molecule has 0 saturated carbocycles. The standard InChI is InChI=1S/C8H8O6S/c1-14-7-5(8(9)10)3-2-4-6(7)15(11,12)13/h2-4H,1H3,(H,9,10)(H,11,12,13). The van der Waals surface area contributed by atoms with Gasteiger partial charge in [-0.2, -0.15) is 8.42 Å². The molecule has 0 radical (unpaired) electrons. The van der Waals surface area contributed by atoms with Gasteiger partial charge in [0, 0.05) is 0 Å². The van der Waals surface area contributed by atoms with Crippen molar-refractivity contribution < 1.29 is 27.6 Å². The molecule has 0 unspecified atom stereocenters. The number of para-hydroxylation sites is 1. The molecule has 7 heteroatoms. The monoisotopic (exact) mass is 232 g/mol. The fourth-order valence-electron chi connectivity index (χ4n) is 1.10. The number of carboxylic acids is 1. The van der Waals surface area contributed by atoms with E-state index >= 15 is 0 Å². The van der Waals surface area contributed by atoms with Crippen LogP contribution in [0.2, 0.25) is 0 Å². The highest BCUT2D eigenvalue weighted by Crippen LogP contribution is 2.27. The number of carbonyl (C=O) groups is 1. The van der Waals surface area contributed by atoms with Crippen LogP contribution in [0.5, 0.6) is 5.75 Å². The number of ether oxygens (including phenoxy) is 1. The molecule has 0 aliphatic heterocycles. The van der Waals surface area contributed by atoms with Gasteiger partial charge in [-0.05, 0) is 12.1 Å². The van der Waals surface area contributed by atoms with Gasteiger partial charge in [0.15, 0.2) is 5.75 Å². The largest absolute Gasteiger partial charge is 0.494 e. The quantitative estimate of drug-likeness (QED) is 0.741. The first-order valence-corrected chi connectivity index (χ1v) is 5.19. The summed E-state index contributed by atoms with van der Waals surface area (Å²) in [6.07, 6.45) is 0. The molecule has 0 aromatic heterocycles. The fraction of sp³-hybridized carbons (Fsp3) is 0.125. The minimum absolute atomic E-state index is 0.326. The van der Waals surface area contributed by atoms with Crippen LogP contribution in [-0.4, -0.2) is 31.2 Å². The van der Waals surface area contributed by atoms with Crippen molar-refractivity contribution in [2.45, 2.75) is 4.90 Å². The van der Waals surface area contributed by atoms with Gasteiger partial charge >= 0.3 is 5.97 Å². The second-order valence-corrected chi connectivity index (χ2v) is 4.01. The highest BCUT2D eigenvalue weighted by atomic mass is 32.2. The average Bonchev–Trinajstić information content (AvgIpc) is 2.15. The summed E-state index contributed by atoms with van der Waals surface area (Å²) < 4.78 is 35.2. The number of benzene rings is 1. The molecular formula is C8H8O6S. The molecule has 2 N–H and O–H groups in total. The van der Waals surface area contributed by atoms with E-state index in [0.29, 0.717) is 0 Å². The molecule has 15 heavy (non-hydrogen) atoms. The lowest BCUT2D eigenvalue weighted by molar-refractivity contribution is 0.0693. The van der Waals surface area contributed by atoms with Crippen LogP contribution in [0.1, 0.15) is 10.4 Å². The molecule has 0 aliphatic rings. The van der Waals surface area contributed by atoms with E-state index in [0.717, 1.165) is 13.2 Å². The van der Waals surface area contributed by atoms with Crippen molar-refractivity contribution in [3.8, 4) is 5.75 Å². The summed E-state index contributed by atoms with van der Waals surface area (Å²) in [5.41, 5.74) is -0.326. The number of hydrogen-bond acceptors (Lipinski definition) is 4. The Balaban J connectivity index is 3.56. The molecule has 0 bridgehead atoms. The maximum Gasteiger partial charge on any atom is 0.339 e. The van der Waals surface area contributed by atoms with Gasteiger partial charge in [-0.15, -0.1) is 0 Å². The minimum Gasteiger partial charge on any atom is -0.494 e. The van der Waals surface area contributed by atoms with Gasteiger partial charge in [0.1, 0.15) is 10.5 Å². The summed E-state index contributed by atoms with van der Waals surface area (Å²) in [6, 6.07) is 3.44. The van der Waals surface area contributed by atoms with E-state index in [2.05, 4.69) is 4.74 Å². The summed E-state index contributed by atoms with van der Waals surface area (Å²) in [5, 5.41) is 8.73. The first-order chi connectivity index (χ1) is 6.88. The first kappa shape index (κ1) is 11.5. The highest BCUT2D eigenvalue weighted by molar-refractivity contribution is 7.86. The molecule has 0 atom stereocenters. The minimum atomic E-state index is -4.49. The Morgan fingerprint density at radius 3 is 2.40 bits per heavy atom. The number of carboxylic acid groups (broad SMARTS) is 1. The molecule has 0 fully saturated rings. The van der Waals surface area contributed by atoms with Crippen LogP contribution in [0.3, 0.4) is 0 Å². The predicted molar refractivity (Wildman–Crippen MR) is 49.8 cm³/mol. The zero-order chi connectivity index (χ0) is 11.6. The van der Waals surface area contributed by atoms with Crippen molar-refractivity contribution in [1.82, 2.24) is 0 Å². The Morgan fingerprint density at radius 2 is 2.00 bits per heavy atom. The normalized spacial score (nSPS) is 11.1. The third-order valence-electron chi connectivity index (χ3n) is 1.69. The molecule has 0 aliphatic carbocycles. The van der Waals surface area contributed by atoms with Gasteiger partial charge in [0.2, 0.25) is 0 Å². The number of methoxy groups -OCH3 is 1. The van der Waals surface area contributed by atoms with Crippen molar-refractivity contribution in [3.05, 3.63) is 23.8 Å². The van der Waals surface area contributed by atoms with E-state index in [9.17, 15) is 13.2 Å². The van der Waals surface area contributed by atoms with Crippen molar-refractivity contribution in [2.75, 3.05) is 7.11 Å². The Hall–Kier alpha value is -1.60. The van der Waals surface area contributed by atoms with Gasteiger partial charge in [0.05, 0.1) is 7.11 Å². The number of hydrogen-bond donors (Lipinski definition) is 2. The van der Waals surface area contributed by atoms with E-state index in [1.807, 2.05) is 0 Å². The maximum atomic E-state index is 10.9. The second kappa shape index (κ2) is 3.87. The van der Waals surface area contributed by atoms with Crippen molar-refractivity contribution in [1.29, 1.82) is 0 Å². The Morgan fingerprint density at radius 1 is 1.40 bits per heavy atom. The lowest BCUT2D eigenvalue weighted by Crippen LogP contribution is -2.07. The predicted octanol–water partition coefficient (Wildman–Crippen LogP) is 0.640. The summed E-state index contributed by atoms with van der Waals surface area (Å²) in [4.78, 5) is 10.1. The Labute approximate surface area is 85.9 Å². The lowest BCUT2D eigenvalue weighted by Gasteiger charge is -2.08. The van der Waals surface area contributed by atoms with Crippen LogP contribution in [-0.2, 0) is 10.1 Å². The summed E-state index contributed by atoms with van der Waals surface area (Å²) >= 11 is 0. The molecule has 1 aromatic carbocycles. The molecular weight excluding hydrogens is 224 g/mol. The van der Waals surface area contributed by atoms with Crippen molar-refractivity contribution in [3.63, 3.8) is 0 Å². The summed E-state index contributed by atoms with van der Waals surface area (Å²) in [6.45, 7) is 0. The van der Waals surface area contributed by atoms with Crippen molar-refractivity contribution in [2.24, 2.45) is 0 Å². The molecule has 1 rings (SSSR count). The molecule has 0 heterocycles. The van der Waals surface area contributed by atoms with Crippen LogP contribution < -0.4 is 4.74 Å². The van der Waals surface area contributed by atoms with E-state index < -0.39 is 21.0 Å². The van der Waals surface area contributed by atoms with E-state index in [4.69, 9.17) is 9.66 Å². The topological polar surface area (TPSA) is 101 Å². The maximum absolute atomic E-state index is 10.9. The van der Waals surface area contributed by atoms with Gasteiger partial charge in [-0.25, -0.2) is 4.79 Å². The third-order valence-corrected chi connectivity index (χ3v) is 2.57. The van der Waals surface area contributed by atoms with Crippen LogP contribution in [0.4, 0.5) is 0 Å². The SMILES string of the molecule is COc1c(C(=O)O)cccc1S(=O)(=O)O. The smallest absolute Gasteiger partial charge is 0.339 e. The molecule has 0 saturated heterocycles. The van der Waals surface area contributed by atoms with Crippen LogP contribution in [0.25, 0.3) is 0 Å². The summed E-state index contributed by atoms with van der Waals surface area (Å²) in [7, 11) is -3.37. The molecule has 82 valence electrons. The fourth-order valence-corrected chi connectivity index (χ4v) is 1.78. The number of aromatic carboxylic acids is 1. The zero-order valence-corrected chi connectivity index (χ0v) is 8.48. The Kier molecular flexibility index (Phi) is 2.96. The molecule has 0 spiro atoms. The zero-order valence-electron chi connectivity index (χ0n) is 7.67. The highest BCUT2D eigenvalue weighted by Gasteiger charge is 2.21. The van der Waals surface area contributed by atoms with Crippen molar-refractivity contribution >= 4 is 16.1 Å².